The molecule has 0 spiro atoms. The zero-order valence-corrected chi connectivity index (χ0v) is 11.6. The van der Waals surface area contributed by atoms with Crippen molar-refractivity contribution < 1.29 is 0 Å². The van der Waals surface area contributed by atoms with Gasteiger partial charge in [0.1, 0.15) is 0 Å². The summed E-state index contributed by atoms with van der Waals surface area (Å²) in [5.41, 5.74) is 0. The highest BCUT2D eigenvalue weighted by Crippen LogP contribution is 2.22. The van der Waals surface area contributed by atoms with Crippen LogP contribution in [-0.4, -0.2) is 36.6 Å². The molecule has 1 saturated heterocycles. The van der Waals surface area contributed by atoms with Gasteiger partial charge in [0, 0.05) is 18.1 Å². The maximum Gasteiger partial charge on any atom is 0.00697 e. The normalized spacial score (nSPS) is 29.2. The summed E-state index contributed by atoms with van der Waals surface area (Å²) in [4.78, 5) is 2.72. The average molecular weight is 226 g/mol. The first kappa shape index (κ1) is 14.0. The van der Waals surface area contributed by atoms with Crippen LogP contribution in [0.2, 0.25) is 0 Å². The van der Waals surface area contributed by atoms with Gasteiger partial charge in [0.25, 0.3) is 0 Å². The van der Waals surface area contributed by atoms with Gasteiger partial charge in [-0.05, 0) is 60.0 Å². The van der Waals surface area contributed by atoms with Gasteiger partial charge in [0.05, 0.1) is 0 Å². The number of likely N-dealkylation sites (tertiary alicyclic amines) is 1. The Morgan fingerprint density at radius 3 is 2.38 bits per heavy atom. The Morgan fingerprint density at radius 2 is 1.81 bits per heavy atom. The van der Waals surface area contributed by atoms with Crippen molar-refractivity contribution in [3.63, 3.8) is 0 Å². The Labute approximate surface area is 102 Å². The lowest BCUT2D eigenvalue weighted by Crippen LogP contribution is -2.44. The quantitative estimate of drug-likeness (QED) is 0.700. The number of piperidine rings is 1. The monoisotopic (exact) mass is 226 g/mol. The van der Waals surface area contributed by atoms with Crippen LogP contribution in [0.4, 0.5) is 0 Å². The summed E-state index contributed by atoms with van der Waals surface area (Å²) in [6.07, 6.45) is 8.26. The summed E-state index contributed by atoms with van der Waals surface area (Å²) in [7, 11) is 2.06. The smallest absolute Gasteiger partial charge is 0.00697 e. The van der Waals surface area contributed by atoms with Gasteiger partial charge in [-0.2, -0.15) is 0 Å². The Bertz CT molecular complexity index is 172. The van der Waals surface area contributed by atoms with Crippen LogP contribution in [0.1, 0.15) is 59.3 Å². The molecule has 0 radical (unpaired) electrons. The van der Waals surface area contributed by atoms with E-state index in [4.69, 9.17) is 0 Å². The molecular formula is C14H30N2. The summed E-state index contributed by atoms with van der Waals surface area (Å²) in [5, 5.41) is 3.31. The van der Waals surface area contributed by atoms with E-state index in [2.05, 4.69) is 38.0 Å². The Balaban J connectivity index is 2.15. The van der Waals surface area contributed by atoms with Gasteiger partial charge in [-0.15, -0.1) is 0 Å². The third-order valence-corrected chi connectivity index (χ3v) is 4.17. The predicted octanol–water partition coefficient (Wildman–Crippen LogP) is 3.03. The standard InChI is InChI=1S/C14H30N2/c1-12(15-4)8-5-6-11-16-13(2)9-7-10-14(16)3/h12-15H,5-11H2,1-4H3/t12?,13-,14+. The van der Waals surface area contributed by atoms with E-state index in [-0.39, 0.29) is 0 Å². The number of unbranched alkanes of at least 4 members (excludes halogenated alkanes) is 1. The molecule has 2 nitrogen and oxygen atoms in total. The molecule has 0 amide bonds. The molecule has 0 aliphatic carbocycles. The zero-order chi connectivity index (χ0) is 12.0. The van der Waals surface area contributed by atoms with E-state index >= 15 is 0 Å². The predicted molar refractivity (Wildman–Crippen MR) is 71.9 cm³/mol. The molecule has 1 aliphatic heterocycles. The van der Waals surface area contributed by atoms with Gasteiger partial charge in [0.15, 0.2) is 0 Å². The summed E-state index contributed by atoms with van der Waals surface area (Å²) in [6, 6.07) is 2.30. The van der Waals surface area contributed by atoms with Gasteiger partial charge in [-0.3, -0.25) is 4.90 Å². The summed E-state index contributed by atoms with van der Waals surface area (Å²) >= 11 is 0. The number of rotatable bonds is 6. The second-order valence-electron chi connectivity index (χ2n) is 5.55. The molecule has 0 aromatic heterocycles. The highest BCUT2D eigenvalue weighted by Gasteiger charge is 2.23. The third kappa shape index (κ3) is 4.42. The fourth-order valence-electron chi connectivity index (χ4n) is 2.80. The van der Waals surface area contributed by atoms with Crippen LogP contribution in [0, 0.1) is 0 Å². The van der Waals surface area contributed by atoms with E-state index in [1.807, 2.05) is 0 Å². The molecule has 1 aliphatic rings. The van der Waals surface area contributed by atoms with E-state index in [0.717, 1.165) is 12.1 Å². The van der Waals surface area contributed by atoms with Crippen LogP contribution in [0.15, 0.2) is 0 Å². The number of hydrogen-bond acceptors (Lipinski definition) is 2. The zero-order valence-electron chi connectivity index (χ0n) is 11.6. The molecule has 1 rings (SSSR count). The molecule has 1 N–H and O–H groups in total. The first-order valence-electron chi connectivity index (χ1n) is 7.08. The molecule has 0 saturated carbocycles. The maximum atomic E-state index is 3.31. The number of nitrogens with one attached hydrogen (secondary N) is 1. The van der Waals surface area contributed by atoms with Crippen LogP contribution in [0.5, 0.6) is 0 Å². The van der Waals surface area contributed by atoms with Gasteiger partial charge < -0.3 is 5.32 Å². The topological polar surface area (TPSA) is 15.3 Å². The van der Waals surface area contributed by atoms with E-state index < -0.39 is 0 Å². The molecule has 1 heterocycles. The highest BCUT2D eigenvalue weighted by molar-refractivity contribution is 4.79. The van der Waals surface area contributed by atoms with Crippen molar-refractivity contribution in [2.24, 2.45) is 0 Å². The SMILES string of the molecule is CNC(C)CCCCN1[C@H](C)CCC[C@@H]1C. The minimum atomic E-state index is 0.677. The molecule has 3 atom stereocenters. The maximum absolute atomic E-state index is 3.31. The van der Waals surface area contributed by atoms with Crippen molar-refractivity contribution in [1.82, 2.24) is 10.2 Å². The molecule has 0 aromatic carbocycles. The molecule has 16 heavy (non-hydrogen) atoms. The molecule has 0 bridgehead atoms. The van der Waals surface area contributed by atoms with Crippen LogP contribution in [-0.2, 0) is 0 Å². The number of nitrogens with zero attached hydrogens (tertiary/aromatic N) is 1. The van der Waals surface area contributed by atoms with Crippen molar-refractivity contribution >= 4 is 0 Å². The lowest BCUT2D eigenvalue weighted by atomic mass is 9.97. The van der Waals surface area contributed by atoms with Gasteiger partial charge in [-0.1, -0.05) is 12.8 Å². The largest absolute Gasteiger partial charge is 0.317 e. The molecule has 2 heteroatoms. The Morgan fingerprint density at radius 1 is 1.19 bits per heavy atom. The van der Waals surface area contributed by atoms with Gasteiger partial charge >= 0.3 is 0 Å². The van der Waals surface area contributed by atoms with Crippen LogP contribution in [0.25, 0.3) is 0 Å². The first-order chi connectivity index (χ1) is 7.65. The third-order valence-electron chi connectivity index (χ3n) is 4.17. The lowest BCUT2D eigenvalue weighted by Gasteiger charge is -2.39. The number of hydrogen-bond donors (Lipinski definition) is 1. The second-order valence-corrected chi connectivity index (χ2v) is 5.55. The van der Waals surface area contributed by atoms with E-state index in [9.17, 15) is 0 Å². The van der Waals surface area contributed by atoms with Crippen LogP contribution in [0.3, 0.4) is 0 Å². The van der Waals surface area contributed by atoms with Crippen molar-refractivity contribution in [3.05, 3.63) is 0 Å². The van der Waals surface area contributed by atoms with Gasteiger partial charge in [0.2, 0.25) is 0 Å². The van der Waals surface area contributed by atoms with Crippen molar-refractivity contribution in [3.8, 4) is 0 Å². The van der Waals surface area contributed by atoms with Crippen molar-refractivity contribution in [2.75, 3.05) is 13.6 Å². The van der Waals surface area contributed by atoms with Gasteiger partial charge in [-0.25, -0.2) is 0 Å². The summed E-state index contributed by atoms with van der Waals surface area (Å²) in [6.45, 7) is 8.36. The van der Waals surface area contributed by atoms with E-state index in [1.165, 1.54) is 45.1 Å². The molecule has 1 unspecified atom stereocenters. The second kappa shape index (κ2) is 7.29. The lowest BCUT2D eigenvalue weighted by molar-refractivity contribution is 0.101. The first-order valence-corrected chi connectivity index (χ1v) is 7.08. The minimum Gasteiger partial charge on any atom is -0.317 e. The van der Waals surface area contributed by atoms with E-state index in [1.54, 1.807) is 0 Å². The summed E-state index contributed by atoms with van der Waals surface area (Å²) in [5.74, 6) is 0. The van der Waals surface area contributed by atoms with Crippen molar-refractivity contribution in [1.29, 1.82) is 0 Å². The molecule has 96 valence electrons. The van der Waals surface area contributed by atoms with Crippen LogP contribution >= 0.6 is 0 Å². The average Bonchev–Trinajstić information content (AvgIpc) is 2.27. The molecule has 0 aromatic rings. The fraction of sp³-hybridized carbons (Fsp3) is 1.00. The Kier molecular flexibility index (Phi) is 6.37. The minimum absolute atomic E-state index is 0.677. The van der Waals surface area contributed by atoms with E-state index in [0.29, 0.717) is 6.04 Å². The fourth-order valence-corrected chi connectivity index (χ4v) is 2.80. The van der Waals surface area contributed by atoms with Crippen molar-refractivity contribution in [2.45, 2.75) is 77.4 Å². The highest BCUT2D eigenvalue weighted by atomic mass is 15.2. The molecular weight excluding hydrogens is 196 g/mol. The molecule has 1 fully saturated rings. The van der Waals surface area contributed by atoms with Crippen LogP contribution < -0.4 is 5.32 Å². The summed E-state index contributed by atoms with van der Waals surface area (Å²) < 4.78 is 0. The Hall–Kier alpha value is -0.0800.